The standard InChI is InChI=1S/C9H9ClFN3O2/c1-9(2)4-14(8(15)16-9)6-5(11)3-12-7(10)13-6/h3H,4H2,1-2H3. The van der Waals surface area contributed by atoms with Gasteiger partial charge in [0.05, 0.1) is 12.7 Å². The SMILES string of the molecule is CC1(C)CN(c2nc(Cl)ncc2F)C(=O)O1. The molecule has 0 radical (unpaired) electrons. The fourth-order valence-corrected chi connectivity index (χ4v) is 1.59. The molecule has 0 N–H and O–H groups in total. The van der Waals surface area contributed by atoms with E-state index in [4.69, 9.17) is 16.3 Å². The van der Waals surface area contributed by atoms with E-state index in [-0.39, 0.29) is 17.6 Å². The van der Waals surface area contributed by atoms with Gasteiger partial charge in [-0.05, 0) is 25.4 Å². The molecule has 0 saturated carbocycles. The Kier molecular flexibility index (Phi) is 2.46. The van der Waals surface area contributed by atoms with Crippen LogP contribution in [0.2, 0.25) is 5.28 Å². The van der Waals surface area contributed by atoms with Crippen LogP contribution < -0.4 is 4.90 Å². The molecule has 0 bridgehead atoms. The monoisotopic (exact) mass is 245 g/mol. The molecule has 0 aliphatic carbocycles. The number of halogens is 2. The molecule has 1 amide bonds. The van der Waals surface area contributed by atoms with E-state index < -0.39 is 17.5 Å². The van der Waals surface area contributed by atoms with Crippen molar-refractivity contribution in [3.8, 4) is 0 Å². The Labute approximate surface area is 96.2 Å². The van der Waals surface area contributed by atoms with Gasteiger partial charge in [0.25, 0.3) is 0 Å². The number of ether oxygens (including phenoxy) is 1. The van der Waals surface area contributed by atoms with Crippen molar-refractivity contribution in [3.05, 3.63) is 17.3 Å². The summed E-state index contributed by atoms with van der Waals surface area (Å²) in [6.45, 7) is 3.67. The summed E-state index contributed by atoms with van der Waals surface area (Å²) in [6, 6.07) is 0. The number of cyclic esters (lactones) is 1. The molecule has 1 aromatic heterocycles. The first kappa shape index (κ1) is 11.1. The molecule has 0 spiro atoms. The van der Waals surface area contributed by atoms with E-state index in [1.807, 2.05) is 0 Å². The van der Waals surface area contributed by atoms with Crippen LogP contribution in [-0.2, 0) is 4.74 Å². The fraction of sp³-hybridized carbons (Fsp3) is 0.444. The lowest BCUT2D eigenvalue weighted by molar-refractivity contribution is 0.0871. The van der Waals surface area contributed by atoms with E-state index in [0.717, 1.165) is 11.1 Å². The lowest BCUT2D eigenvalue weighted by atomic mass is 10.1. The van der Waals surface area contributed by atoms with Crippen molar-refractivity contribution >= 4 is 23.5 Å². The zero-order valence-corrected chi connectivity index (χ0v) is 9.45. The number of hydrogen-bond acceptors (Lipinski definition) is 4. The van der Waals surface area contributed by atoms with Crippen LogP contribution >= 0.6 is 11.6 Å². The van der Waals surface area contributed by atoms with Crippen LogP contribution in [0.1, 0.15) is 13.8 Å². The number of nitrogens with zero attached hydrogens (tertiary/aromatic N) is 3. The van der Waals surface area contributed by atoms with Gasteiger partial charge < -0.3 is 4.74 Å². The molecule has 1 aliphatic heterocycles. The first-order chi connectivity index (χ1) is 7.39. The van der Waals surface area contributed by atoms with Crippen LogP contribution in [0, 0.1) is 5.82 Å². The molecule has 1 aliphatic rings. The molecule has 1 saturated heterocycles. The van der Waals surface area contributed by atoms with Gasteiger partial charge in [0, 0.05) is 0 Å². The Morgan fingerprint density at radius 3 is 2.88 bits per heavy atom. The molecule has 2 rings (SSSR count). The Morgan fingerprint density at radius 2 is 2.31 bits per heavy atom. The van der Waals surface area contributed by atoms with E-state index in [2.05, 4.69) is 9.97 Å². The van der Waals surface area contributed by atoms with Gasteiger partial charge in [-0.3, -0.25) is 4.90 Å². The van der Waals surface area contributed by atoms with Crippen molar-refractivity contribution in [1.29, 1.82) is 0 Å². The van der Waals surface area contributed by atoms with Crippen LogP contribution in [0.5, 0.6) is 0 Å². The van der Waals surface area contributed by atoms with Crippen LogP contribution in [0.3, 0.4) is 0 Å². The van der Waals surface area contributed by atoms with Crippen molar-refractivity contribution in [2.45, 2.75) is 19.4 Å². The summed E-state index contributed by atoms with van der Waals surface area (Å²) >= 11 is 5.55. The third kappa shape index (κ3) is 1.92. The van der Waals surface area contributed by atoms with E-state index in [9.17, 15) is 9.18 Å². The van der Waals surface area contributed by atoms with Crippen LogP contribution in [0.15, 0.2) is 6.20 Å². The highest BCUT2D eigenvalue weighted by Crippen LogP contribution is 2.28. The zero-order chi connectivity index (χ0) is 11.9. The molecule has 0 unspecified atom stereocenters. The molecule has 0 atom stereocenters. The molecule has 1 aromatic rings. The van der Waals surface area contributed by atoms with Crippen molar-refractivity contribution in [1.82, 2.24) is 9.97 Å². The Morgan fingerprint density at radius 1 is 1.62 bits per heavy atom. The zero-order valence-electron chi connectivity index (χ0n) is 8.70. The minimum Gasteiger partial charge on any atom is -0.441 e. The van der Waals surface area contributed by atoms with Gasteiger partial charge in [-0.2, -0.15) is 4.98 Å². The number of carbonyl (C=O) groups excluding carboxylic acids is 1. The van der Waals surface area contributed by atoms with Crippen LogP contribution in [0.25, 0.3) is 0 Å². The number of rotatable bonds is 1. The van der Waals surface area contributed by atoms with Crippen LogP contribution in [0.4, 0.5) is 15.0 Å². The topological polar surface area (TPSA) is 55.3 Å². The molecule has 2 heterocycles. The molecular formula is C9H9ClFN3O2. The summed E-state index contributed by atoms with van der Waals surface area (Å²) in [5.74, 6) is -0.866. The van der Waals surface area contributed by atoms with E-state index in [1.54, 1.807) is 13.8 Å². The van der Waals surface area contributed by atoms with E-state index >= 15 is 0 Å². The molecule has 7 heteroatoms. The van der Waals surface area contributed by atoms with Gasteiger partial charge in [-0.15, -0.1) is 0 Å². The lowest BCUT2D eigenvalue weighted by Gasteiger charge is -2.15. The van der Waals surface area contributed by atoms with E-state index in [0.29, 0.717) is 0 Å². The molecule has 86 valence electrons. The summed E-state index contributed by atoms with van der Waals surface area (Å²) < 4.78 is 18.4. The predicted molar refractivity (Wildman–Crippen MR) is 54.9 cm³/mol. The number of aromatic nitrogens is 2. The molecular weight excluding hydrogens is 237 g/mol. The van der Waals surface area contributed by atoms with Crippen molar-refractivity contribution in [2.75, 3.05) is 11.4 Å². The Hall–Kier alpha value is -1.43. The van der Waals surface area contributed by atoms with Crippen molar-refractivity contribution in [3.63, 3.8) is 0 Å². The van der Waals surface area contributed by atoms with Crippen LogP contribution in [-0.4, -0.2) is 28.2 Å². The van der Waals surface area contributed by atoms with Gasteiger partial charge in [-0.1, -0.05) is 0 Å². The quantitative estimate of drug-likeness (QED) is 0.710. The number of amides is 1. The second kappa shape index (κ2) is 3.55. The highest BCUT2D eigenvalue weighted by Gasteiger charge is 2.40. The maximum atomic E-state index is 13.4. The predicted octanol–water partition coefficient (Wildman–Crippen LogP) is 2.00. The van der Waals surface area contributed by atoms with Gasteiger partial charge in [-0.25, -0.2) is 14.2 Å². The minimum atomic E-state index is -0.709. The van der Waals surface area contributed by atoms with Gasteiger partial charge in [0.15, 0.2) is 11.6 Å². The number of anilines is 1. The maximum Gasteiger partial charge on any atom is 0.416 e. The lowest BCUT2D eigenvalue weighted by Crippen LogP contribution is -2.29. The second-order valence-corrected chi connectivity index (χ2v) is 4.36. The average molecular weight is 246 g/mol. The third-order valence-corrected chi connectivity index (χ3v) is 2.26. The minimum absolute atomic E-state index is 0.117. The highest BCUT2D eigenvalue weighted by atomic mass is 35.5. The second-order valence-electron chi connectivity index (χ2n) is 4.02. The normalized spacial score (nSPS) is 18.8. The van der Waals surface area contributed by atoms with Gasteiger partial charge in [0.1, 0.15) is 5.60 Å². The van der Waals surface area contributed by atoms with Crippen molar-refractivity contribution < 1.29 is 13.9 Å². The highest BCUT2D eigenvalue weighted by molar-refractivity contribution is 6.28. The largest absolute Gasteiger partial charge is 0.441 e. The number of hydrogen-bond donors (Lipinski definition) is 0. The third-order valence-electron chi connectivity index (χ3n) is 2.07. The maximum absolute atomic E-state index is 13.4. The summed E-state index contributed by atoms with van der Waals surface area (Å²) in [4.78, 5) is 19.7. The first-order valence-electron chi connectivity index (χ1n) is 4.58. The first-order valence-corrected chi connectivity index (χ1v) is 4.95. The molecule has 1 fully saturated rings. The van der Waals surface area contributed by atoms with E-state index in [1.165, 1.54) is 0 Å². The summed E-state index contributed by atoms with van der Waals surface area (Å²) in [5, 5.41) is -0.117. The average Bonchev–Trinajstić information content (AvgIpc) is 2.44. The summed E-state index contributed by atoms with van der Waals surface area (Å²) in [7, 11) is 0. The van der Waals surface area contributed by atoms with Crippen molar-refractivity contribution in [2.24, 2.45) is 0 Å². The number of carbonyl (C=O) groups is 1. The molecule has 16 heavy (non-hydrogen) atoms. The smallest absolute Gasteiger partial charge is 0.416 e. The molecule has 0 aromatic carbocycles. The Balaban J connectivity index is 2.38. The summed E-state index contributed by atoms with van der Waals surface area (Å²) in [5.41, 5.74) is -0.666. The molecule has 5 nitrogen and oxygen atoms in total. The fourth-order valence-electron chi connectivity index (χ4n) is 1.46. The van der Waals surface area contributed by atoms with Gasteiger partial charge in [0.2, 0.25) is 5.28 Å². The Bertz CT molecular complexity index is 452. The van der Waals surface area contributed by atoms with Gasteiger partial charge >= 0.3 is 6.09 Å². The summed E-state index contributed by atoms with van der Waals surface area (Å²) in [6.07, 6.45) is 0.280.